The van der Waals surface area contributed by atoms with Gasteiger partial charge in [0.2, 0.25) is 0 Å². The van der Waals surface area contributed by atoms with E-state index in [1.807, 2.05) is 6.07 Å². The maximum absolute atomic E-state index is 13.6. The van der Waals surface area contributed by atoms with Gasteiger partial charge in [-0.25, -0.2) is 8.78 Å². The van der Waals surface area contributed by atoms with Crippen LogP contribution in [-0.4, -0.2) is 4.98 Å². The van der Waals surface area contributed by atoms with Gasteiger partial charge in [0, 0.05) is 22.9 Å². The first kappa shape index (κ1) is 11.2. The van der Waals surface area contributed by atoms with Gasteiger partial charge in [-0.1, -0.05) is 18.2 Å². The SMILES string of the molecule is N#CCc1c(F)cncc1-c1ccccc1F. The van der Waals surface area contributed by atoms with Crippen LogP contribution < -0.4 is 0 Å². The van der Waals surface area contributed by atoms with Gasteiger partial charge in [-0.2, -0.15) is 5.26 Å². The Kier molecular flexibility index (Phi) is 3.10. The molecule has 0 saturated carbocycles. The van der Waals surface area contributed by atoms with E-state index >= 15 is 0 Å². The van der Waals surface area contributed by atoms with Crippen LogP contribution in [0.5, 0.6) is 0 Å². The lowest BCUT2D eigenvalue weighted by molar-refractivity contribution is 0.607. The molecule has 2 nitrogen and oxygen atoms in total. The van der Waals surface area contributed by atoms with Gasteiger partial charge in [0.1, 0.15) is 11.6 Å². The molecule has 17 heavy (non-hydrogen) atoms. The van der Waals surface area contributed by atoms with Crippen LogP contribution in [0.3, 0.4) is 0 Å². The van der Waals surface area contributed by atoms with Gasteiger partial charge < -0.3 is 0 Å². The van der Waals surface area contributed by atoms with E-state index in [9.17, 15) is 8.78 Å². The summed E-state index contributed by atoms with van der Waals surface area (Å²) >= 11 is 0. The molecule has 0 unspecified atom stereocenters. The largest absolute Gasteiger partial charge is 0.261 e. The Hall–Kier alpha value is -2.28. The van der Waals surface area contributed by atoms with Crippen LogP contribution in [0.1, 0.15) is 5.56 Å². The summed E-state index contributed by atoms with van der Waals surface area (Å²) in [5, 5.41) is 8.65. The van der Waals surface area contributed by atoms with Crippen molar-refractivity contribution in [1.82, 2.24) is 4.98 Å². The number of halogens is 2. The molecular weight excluding hydrogens is 222 g/mol. The summed E-state index contributed by atoms with van der Waals surface area (Å²) < 4.78 is 27.1. The van der Waals surface area contributed by atoms with Gasteiger partial charge in [-0.05, 0) is 6.07 Å². The van der Waals surface area contributed by atoms with Crippen LogP contribution in [0.15, 0.2) is 36.7 Å². The first-order valence-corrected chi connectivity index (χ1v) is 4.98. The number of hydrogen-bond acceptors (Lipinski definition) is 2. The molecule has 0 fully saturated rings. The van der Waals surface area contributed by atoms with Crippen molar-refractivity contribution >= 4 is 0 Å². The van der Waals surface area contributed by atoms with Gasteiger partial charge in [0.05, 0.1) is 18.7 Å². The van der Waals surface area contributed by atoms with E-state index in [4.69, 9.17) is 5.26 Å². The first-order chi connectivity index (χ1) is 8.24. The second-order valence-corrected chi connectivity index (χ2v) is 3.46. The zero-order chi connectivity index (χ0) is 12.3. The van der Waals surface area contributed by atoms with Crippen LogP contribution in [0.25, 0.3) is 11.1 Å². The third-order valence-corrected chi connectivity index (χ3v) is 2.42. The molecular formula is C13H8F2N2. The Morgan fingerprint density at radius 2 is 1.82 bits per heavy atom. The highest BCUT2D eigenvalue weighted by Gasteiger charge is 2.13. The monoisotopic (exact) mass is 230 g/mol. The zero-order valence-electron chi connectivity index (χ0n) is 8.82. The number of rotatable bonds is 2. The lowest BCUT2D eigenvalue weighted by Crippen LogP contribution is -1.96. The van der Waals surface area contributed by atoms with E-state index in [0.717, 1.165) is 6.20 Å². The van der Waals surface area contributed by atoms with Gasteiger partial charge in [0.25, 0.3) is 0 Å². The molecule has 1 heterocycles. The fourth-order valence-electron chi connectivity index (χ4n) is 1.63. The van der Waals surface area contributed by atoms with Crippen LogP contribution in [0.4, 0.5) is 8.78 Å². The van der Waals surface area contributed by atoms with Crippen LogP contribution in [-0.2, 0) is 6.42 Å². The molecule has 1 aromatic carbocycles. The van der Waals surface area contributed by atoms with Crippen LogP contribution >= 0.6 is 0 Å². The number of benzene rings is 1. The topological polar surface area (TPSA) is 36.7 Å². The molecule has 2 rings (SSSR count). The van der Waals surface area contributed by atoms with Crippen molar-refractivity contribution in [3.05, 3.63) is 53.9 Å². The van der Waals surface area contributed by atoms with Crippen LogP contribution in [0.2, 0.25) is 0 Å². The molecule has 0 atom stereocenters. The van der Waals surface area contributed by atoms with E-state index in [-0.39, 0.29) is 17.5 Å². The zero-order valence-corrected chi connectivity index (χ0v) is 8.82. The minimum atomic E-state index is -0.590. The first-order valence-electron chi connectivity index (χ1n) is 4.98. The Balaban J connectivity index is 2.64. The standard InChI is InChI=1S/C13H8F2N2/c14-12-4-2-1-3-9(12)11-7-17-8-13(15)10(11)5-6-16/h1-4,7-8H,5H2. The third kappa shape index (κ3) is 2.13. The highest BCUT2D eigenvalue weighted by atomic mass is 19.1. The lowest BCUT2D eigenvalue weighted by Gasteiger charge is -2.08. The lowest BCUT2D eigenvalue weighted by atomic mass is 9.99. The van der Waals surface area contributed by atoms with Gasteiger partial charge in [-0.15, -0.1) is 0 Å². The highest BCUT2D eigenvalue weighted by molar-refractivity contribution is 5.67. The van der Waals surface area contributed by atoms with Gasteiger partial charge in [0.15, 0.2) is 0 Å². The molecule has 0 saturated heterocycles. The quantitative estimate of drug-likeness (QED) is 0.794. The molecule has 0 spiro atoms. The number of nitrogens with zero attached hydrogens (tertiary/aromatic N) is 2. The molecule has 0 amide bonds. The Morgan fingerprint density at radius 1 is 1.06 bits per heavy atom. The van der Waals surface area contributed by atoms with E-state index in [2.05, 4.69) is 4.98 Å². The summed E-state index contributed by atoms with van der Waals surface area (Å²) in [7, 11) is 0. The summed E-state index contributed by atoms with van der Waals surface area (Å²) in [6.45, 7) is 0. The fraction of sp³-hybridized carbons (Fsp3) is 0.0769. The van der Waals surface area contributed by atoms with E-state index in [1.54, 1.807) is 12.1 Å². The van der Waals surface area contributed by atoms with Crippen molar-refractivity contribution in [2.24, 2.45) is 0 Å². The maximum atomic E-state index is 13.6. The second kappa shape index (κ2) is 4.71. The summed E-state index contributed by atoms with van der Waals surface area (Å²) in [4.78, 5) is 3.69. The van der Waals surface area contributed by atoms with Gasteiger partial charge >= 0.3 is 0 Å². The normalized spacial score (nSPS) is 9.94. The molecule has 0 aliphatic heterocycles. The van der Waals surface area contributed by atoms with Crippen molar-refractivity contribution in [3.63, 3.8) is 0 Å². The minimum absolute atomic E-state index is 0.113. The molecule has 84 valence electrons. The second-order valence-electron chi connectivity index (χ2n) is 3.46. The molecule has 2 aromatic rings. The summed E-state index contributed by atoms with van der Waals surface area (Å²) in [6.07, 6.45) is 2.28. The Labute approximate surface area is 97.2 Å². The average molecular weight is 230 g/mol. The van der Waals surface area contributed by atoms with E-state index in [0.29, 0.717) is 5.56 Å². The van der Waals surface area contributed by atoms with Crippen molar-refractivity contribution in [3.8, 4) is 17.2 Å². The molecule has 0 aliphatic carbocycles. The number of aromatic nitrogens is 1. The van der Waals surface area contributed by atoms with Crippen molar-refractivity contribution in [2.45, 2.75) is 6.42 Å². The number of hydrogen-bond donors (Lipinski definition) is 0. The van der Waals surface area contributed by atoms with Crippen molar-refractivity contribution < 1.29 is 8.78 Å². The molecule has 0 bridgehead atoms. The summed E-state index contributed by atoms with van der Waals surface area (Å²) in [6, 6.07) is 7.89. The number of nitriles is 1. The third-order valence-electron chi connectivity index (χ3n) is 2.42. The molecule has 1 aromatic heterocycles. The van der Waals surface area contributed by atoms with E-state index in [1.165, 1.54) is 18.3 Å². The smallest absolute Gasteiger partial charge is 0.146 e. The average Bonchev–Trinajstić information content (AvgIpc) is 2.33. The molecule has 0 N–H and O–H groups in total. The molecule has 0 aliphatic rings. The Morgan fingerprint density at radius 3 is 2.53 bits per heavy atom. The summed E-state index contributed by atoms with van der Waals surface area (Å²) in [5.74, 6) is -1.05. The predicted octanol–water partition coefficient (Wildman–Crippen LogP) is 3.09. The highest BCUT2D eigenvalue weighted by Crippen LogP contribution is 2.27. The van der Waals surface area contributed by atoms with Crippen molar-refractivity contribution in [1.29, 1.82) is 5.26 Å². The predicted molar refractivity (Wildman–Crippen MR) is 58.9 cm³/mol. The van der Waals surface area contributed by atoms with E-state index < -0.39 is 11.6 Å². The fourth-order valence-corrected chi connectivity index (χ4v) is 1.63. The van der Waals surface area contributed by atoms with Crippen molar-refractivity contribution in [2.75, 3.05) is 0 Å². The van der Waals surface area contributed by atoms with Crippen LogP contribution in [0, 0.1) is 23.0 Å². The summed E-state index contributed by atoms with van der Waals surface area (Å²) in [5.41, 5.74) is 0.752. The number of pyridine rings is 1. The minimum Gasteiger partial charge on any atom is -0.261 e. The maximum Gasteiger partial charge on any atom is 0.146 e. The molecule has 0 radical (unpaired) electrons. The Bertz CT molecular complexity index is 588. The van der Waals surface area contributed by atoms with Gasteiger partial charge in [-0.3, -0.25) is 4.98 Å². The molecule has 4 heteroatoms.